The number of morpholine rings is 1. The lowest BCUT2D eigenvalue weighted by molar-refractivity contribution is 0.0374. The lowest BCUT2D eigenvalue weighted by Gasteiger charge is -2.26. The van der Waals surface area contributed by atoms with Crippen molar-refractivity contribution in [1.82, 2.24) is 20.4 Å². The van der Waals surface area contributed by atoms with Crippen LogP contribution in [0.5, 0.6) is 5.88 Å². The molecule has 1 fully saturated rings. The summed E-state index contributed by atoms with van der Waals surface area (Å²) in [5, 5.41) is 11.2. The van der Waals surface area contributed by atoms with Gasteiger partial charge < -0.3 is 14.8 Å². The van der Waals surface area contributed by atoms with Gasteiger partial charge in [0.15, 0.2) is 0 Å². The minimum atomic E-state index is -0.0543. The van der Waals surface area contributed by atoms with Crippen LogP contribution in [0.1, 0.15) is 23.7 Å². The van der Waals surface area contributed by atoms with Gasteiger partial charge in [0.05, 0.1) is 25.5 Å². The van der Waals surface area contributed by atoms with E-state index in [4.69, 9.17) is 9.47 Å². The molecule has 0 saturated carbocycles. The molecule has 1 aromatic carbocycles. The van der Waals surface area contributed by atoms with Crippen molar-refractivity contribution >= 4 is 5.91 Å². The van der Waals surface area contributed by atoms with E-state index in [1.165, 1.54) is 0 Å². The second kappa shape index (κ2) is 9.99. The Morgan fingerprint density at radius 3 is 2.59 bits per heavy atom. The predicted octanol–water partition coefficient (Wildman–Crippen LogP) is 1.99. The van der Waals surface area contributed by atoms with Crippen LogP contribution in [-0.2, 0) is 4.74 Å². The Morgan fingerprint density at radius 1 is 1.15 bits per heavy atom. The fourth-order valence-corrected chi connectivity index (χ4v) is 2.92. The van der Waals surface area contributed by atoms with Gasteiger partial charge in [0.2, 0.25) is 5.88 Å². The summed E-state index contributed by atoms with van der Waals surface area (Å²) >= 11 is 0. The largest absolute Gasteiger partial charge is 0.477 e. The van der Waals surface area contributed by atoms with Gasteiger partial charge in [-0.15, -0.1) is 10.2 Å². The normalized spacial score (nSPS) is 14.7. The minimum absolute atomic E-state index is 0.0543. The number of hydrogen-bond donors (Lipinski definition) is 1. The molecule has 1 aliphatic heterocycles. The zero-order valence-corrected chi connectivity index (χ0v) is 15.7. The highest BCUT2D eigenvalue weighted by molar-refractivity contribution is 5.94. The van der Waals surface area contributed by atoms with E-state index in [2.05, 4.69) is 20.4 Å². The van der Waals surface area contributed by atoms with Crippen molar-refractivity contribution in [2.45, 2.75) is 13.3 Å². The van der Waals surface area contributed by atoms with Crippen molar-refractivity contribution in [3.63, 3.8) is 0 Å². The van der Waals surface area contributed by atoms with E-state index in [0.717, 1.165) is 50.5 Å². The van der Waals surface area contributed by atoms with Crippen LogP contribution >= 0.6 is 0 Å². The van der Waals surface area contributed by atoms with Gasteiger partial charge in [-0.2, -0.15) is 0 Å². The van der Waals surface area contributed by atoms with Crippen LogP contribution in [-0.4, -0.2) is 67.0 Å². The SMILES string of the molecule is CCOc1ccc(-c2ccc(C(=O)NCCCN3CCOCC3)cc2)nn1. The van der Waals surface area contributed by atoms with Crippen LogP contribution in [0.2, 0.25) is 0 Å². The average Bonchev–Trinajstić information content (AvgIpc) is 2.73. The van der Waals surface area contributed by atoms with Gasteiger partial charge in [-0.25, -0.2) is 0 Å². The molecule has 0 spiro atoms. The maximum atomic E-state index is 12.3. The smallest absolute Gasteiger partial charge is 0.251 e. The highest BCUT2D eigenvalue weighted by Crippen LogP contribution is 2.18. The molecule has 0 aliphatic carbocycles. The number of ether oxygens (including phenoxy) is 2. The van der Waals surface area contributed by atoms with E-state index in [1.807, 2.05) is 37.3 Å². The van der Waals surface area contributed by atoms with Crippen LogP contribution in [0.25, 0.3) is 11.3 Å². The lowest BCUT2D eigenvalue weighted by Crippen LogP contribution is -2.38. The molecule has 1 amide bonds. The number of carbonyl (C=O) groups excluding carboxylic acids is 1. The molecule has 0 bridgehead atoms. The number of carbonyl (C=O) groups is 1. The molecule has 1 N–H and O–H groups in total. The Morgan fingerprint density at radius 2 is 1.93 bits per heavy atom. The Balaban J connectivity index is 1.46. The third-order valence-electron chi connectivity index (χ3n) is 4.42. The van der Waals surface area contributed by atoms with E-state index < -0.39 is 0 Å². The van der Waals surface area contributed by atoms with Gasteiger partial charge in [-0.1, -0.05) is 12.1 Å². The molecule has 2 aromatic rings. The summed E-state index contributed by atoms with van der Waals surface area (Å²) < 4.78 is 10.6. The minimum Gasteiger partial charge on any atom is -0.477 e. The van der Waals surface area contributed by atoms with Crippen molar-refractivity contribution in [3.8, 4) is 17.1 Å². The van der Waals surface area contributed by atoms with E-state index >= 15 is 0 Å². The molecule has 0 atom stereocenters. The summed E-state index contributed by atoms with van der Waals surface area (Å²) in [5.41, 5.74) is 2.30. The van der Waals surface area contributed by atoms with Crippen molar-refractivity contribution in [2.24, 2.45) is 0 Å². The summed E-state index contributed by atoms with van der Waals surface area (Å²) in [7, 11) is 0. The molecular formula is C20H26N4O3. The zero-order valence-electron chi connectivity index (χ0n) is 15.7. The highest BCUT2D eigenvalue weighted by Gasteiger charge is 2.10. The fraction of sp³-hybridized carbons (Fsp3) is 0.450. The molecule has 3 rings (SSSR count). The van der Waals surface area contributed by atoms with Crippen molar-refractivity contribution < 1.29 is 14.3 Å². The second-order valence-electron chi connectivity index (χ2n) is 6.33. The first-order chi connectivity index (χ1) is 13.3. The zero-order chi connectivity index (χ0) is 18.9. The topological polar surface area (TPSA) is 76.6 Å². The molecule has 1 saturated heterocycles. The standard InChI is InChI=1S/C20H26N4O3/c1-2-27-19-9-8-18(22-23-19)16-4-6-17(7-5-16)20(25)21-10-3-11-24-12-14-26-15-13-24/h4-9H,2-3,10-15H2,1H3,(H,21,25). The van der Waals surface area contributed by atoms with Gasteiger partial charge in [-0.3, -0.25) is 9.69 Å². The van der Waals surface area contributed by atoms with Gasteiger partial charge in [0.1, 0.15) is 0 Å². The Bertz CT molecular complexity index is 713. The van der Waals surface area contributed by atoms with Crippen LogP contribution in [0.15, 0.2) is 36.4 Å². The number of benzene rings is 1. The number of aromatic nitrogens is 2. The third kappa shape index (κ3) is 5.74. The number of nitrogens with one attached hydrogen (secondary N) is 1. The molecule has 0 unspecified atom stereocenters. The molecule has 144 valence electrons. The molecule has 0 radical (unpaired) electrons. The number of amides is 1. The van der Waals surface area contributed by atoms with Crippen molar-refractivity contribution in [1.29, 1.82) is 0 Å². The van der Waals surface area contributed by atoms with Crippen LogP contribution < -0.4 is 10.1 Å². The van der Waals surface area contributed by atoms with Gasteiger partial charge in [0.25, 0.3) is 5.91 Å². The van der Waals surface area contributed by atoms with E-state index in [-0.39, 0.29) is 5.91 Å². The monoisotopic (exact) mass is 370 g/mol. The van der Waals surface area contributed by atoms with E-state index in [1.54, 1.807) is 6.07 Å². The summed E-state index contributed by atoms with van der Waals surface area (Å²) in [6.45, 7) is 7.68. The molecule has 7 heteroatoms. The number of nitrogens with zero attached hydrogens (tertiary/aromatic N) is 3. The summed E-state index contributed by atoms with van der Waals surface area (Å²) in [5.74, 6) is 0.454. The van der Waals surface area contributed by atoms with Crippen LogP contribution in [0.3, 0.4) is 0 Å². The molecular weight excluding hydrogens is 344 g/mol. The number of hydrogen-bond acceptors (Lipinski definition) is 6. The summed E-state index contributed by atoms with van der Waals surface area (Å²) in [6.07, 6.45) is 0.936. The molecule has 27 heavy (non-hydrogen) atoms. The second-order valence-corrected chi connectivity index (χ2v) is 6.33. The van der Waals surface area contributed by atoms with Crippen molar-refractivity contribution in [3.05, 3.63) is 42.0 Å². The average molecular weight is 370 g/mol. The maximum Gasteiger partial charge on any atom is 0.251 e. The molecule has 1 aliphatic rings. The van der Waals surface area contributed by atoms with Crippen LogP contribution in [0.4, 0.5) is 0 Å². The summed E-state index contributed by atoms with van der Waals surface area (Å²) in [4.78, 5) is 14.6. The quantitative estimate of drug-likeness (QED) is 0.716. The lowest BCUT2D eigenvalue weighted by atomic mass is 10.1. The highest BCUT2D eigenvalue weighted by atomic mass is 16.5. The van der Waals surface area contributed by atoms with Crippen molar-refractivity contribution in [2.75, 3.05) is 46.0 Å². The van der Waals surface area contributed by atoms with Gasteiger partial charge >= 0.3 is 0 Å². The first-order valence-corrected chi connectivity index (χ1v) is 9.41. The van der Waals surface area contributed by atoms with Gasteiger partial charge in [-0.05, 0) is 38.1 Å². The van der Waals surface area contributed by atoms with Crippen LogP contribution in [0, 0.1) is 0 Å². The van der Waals surface area contributed by atoms with E-state index in [0.29, 0.717) is 24.6 Å². The van der Waals surface area contributed by atoms with Gasteiger partial charge in [0, 0.05) is 36.8 Å². The first-order valence-electron chi connectivity index (χ1n) is 9.41. The predicted molar refractivity (Wildman–Crippen MR) is 103 cm³/mol. The maximum absolute atomic E-state index is 12.3. The Kier molecular flexibility index (Phi) is 7.12. The molecule has 2 heterocycles. The first kappa shape index (κ1) is 19.3. The number of rotatable bonds is 8. The summed E-state index contributed by atoms with van der Waals surface area (Å²) in [6, 6.07) is 11.0. The Hall–Kier alpha value is -2.51. The molecule has 1 aromatic heterocycles. The fourth-order valence-electron chi connectivity index (χ4n) is 2.92. The Labute approximate surface area is 159 Å². The molecule has 7 nitrogen and oxygen atoms in total. The third-order valence-corrected chi connectivity index (χ3v) is 4.42. The van der Waals surface area contributed by atoms with E-state index in [9.17, 15) is 4.79 Å².